The zero-order valence-corrected chi connectivity index (χ0v) is 10.2. The molecule has 0 N–H and O–H groups in total. The van der Waals surface area contributed by atoms with E-state index in [-0.39, 0.29) is 0 Å². The van der Waals surface area contributed by atoms with Crippen LogP contribution in [0.5, 0.6) is 0 Å². The summed E-state index contributed by atoms with van der Waals surface area (Å²) < 4.78 is 2.07. The molecule has 0 amide bonds. The molecule has 0 fully saturated rings. The van der Waals surface area contributed by atoms with Crippen LogP contribution in [-0.4, -0.2) is 14.5 Å². The van der Waals surface area contributed by atoms with Gasteiger partial charge >= 0.3 is 0 Å². The van der Waals surface area contributed by atoms with Crippen molar-refractivity contribution in [1.82, 2.24) is 14.5 Å². The zero-order valence-electron chi connectivity index (χ0n) is 9.33. The van der Waals surface area contributed by atoms with Crippen molar-refractivity contribution in [3.8, 4) is 11.4 Å². The molecule has 1 aromatic carbocycles. The van der Waals surface area contributed by atoms with E-state index >= 15 is 0 Å². The van der Waals surface area contributed by atoms with Gasteiger partial charge in [0.1, 0.15) is 5.82 Å². The van der Waals surface area contributed by atoms with Gasteiger partial charge in [0.05, 0.1) is 11.0 Å². The molecule has 0 spiro atoms. The van der Waals surface area contributed by atoms with Gasteiger partial charge in [-0.3, -0.25) is 4.98 Å². The van der Waals surface area contributed by atoms with Gasteiger partial charge in [-0.25, -0.2) is 4.98 Å². The number of benzene rings is 1. The second-order valence-electron chi connectivity index (χ2n) is 3.91. The summed E-state index contributed by atoms with van der Waals surface area (Å²) in [7, 11) is 2.01. The molecular weight excluding hydrogens is 230 g/mol. The van der Waals surface area contributed by atoms with Crippen LogP contribution in [0, 0.1) is 0 Å². The molecule has 3 rings (SSSR count). The van der Waals surface area contributed by atoms with E-state index in [2.05, 4.69) is 27.2 Å². The number of pyridine rings is 1. The lowest BCUT2D eigenvalue weighted by Gasteiger charge is -2.01. The van der Waals surface area contributed by atoms with E-state index in [4.69, 9.17) is 0 Å². The van der Waals surface area contributed by atoms with Gasteiger partial charge in [0.15, 0.2) is 0 Å². The number of hydrogen-bond acceptors (Lipinski definition) is 3. The highest BCUT2D eigenvalue weighted by Gasteiger charge is 2.09. The summed E-state index contributed by atoms with van der Waals surface area (Å²) in [6.45, 7) is 0. The Kier molecular flexibility index (Phi) is 2.37. The second kappa shape index (κ2) is 3.89. The van der Waals surface area contributed by atoms with Crippen molar-refractivity contribution in [2.45, 2.75) is 4.90 Å². The summed E-state index contributed by atoms with van der Waals surface area (Å²) in [5.74, 6) is 0.923. The highest BCUT2D eigenvalue weighted by atomic mass is 32.1. The molecule has 0 saturated heterocycles. The van der Waals surface area contributed by atoms with E-state index < -0.39 is 0 Å². The first-order valence-electron chi connectivity index (χ1n) is 5.31. The van der Waals surface area contributed by atoms with Gasteiger partial charge in [-0.1, -0.05) is 0 Å². The molecule has 0 atom stereocenters. The predicted molar refractivity (Wildman–Crippen MR) is 71.2 cm³/mol. The van der Waals surface area contributed by atoms with Crippen LogP contribution in [0.1, 0.15) is 0 Å². The fourth-order valence-electron chi connectivity index (χ4n) is 1.94. The maximum Gasteiger partial charge on any atom is 0.142 e. The lowest BCUT2D eigenvalue weighted by molar-refractivity contribution is 0.957. The van der Waals surface area contributed by atoms with Gasteiger partial charge < -0.3 is 4.57 Å². The van der Waals surface area contributed by atoms with Gasteiger partial charge in [0.25, 0.3) is 0 Å². The van der Waals surface area contributed by atoms with Crippen LogP contribution in [0.4, 0.5) is 0 Å². The second-order valence-corrected chi connectivity index (χ2v) is 4.43. The maximum absolute atomic E-state index is 4.62. The summed E-state index contributed by atoms with van der Waals surface area (Å²) in [5.41, 5.74) is 3.08. The molecule has 84 valence electrons. The van der Waals surface area contributed by atoms with Gasteiger partial charge in [-0.05, 0) is 30.3 Å². The third-order valence-corrected chi connectivity index (χ3v) is 3.06. The first-order chi connectivity index (χ1) is 8.25. The number of fused-ring (bicyclic) bond motifs is 1. The molecule has 0 unspecified atom stereocenters. The van der Waals surface area contributed by atoms with E-state index in [1.54, 1.807) is 6.20 Å². The van der Waals surface area contributed by atoms with E-state index in [9.17, 15) is 0 Å². The van der Waals surface area contributed by atoms with Gasteiger partial charge in [0.2, 0.25) is 0 Å². The van der Waals surface area contributed by atoms with Crippen LogP contribution >= 0.6 is 12.6 Å². The zero-order chi connectivity index (χ0) is 11.8. The van der Waals surface area contributed by atoms with Crippen LogP contribution < -0.4 is 0 Å². The topological polar surface area (TPSA) is 30.7 Å². The Hall–Kier alpha value is -1.81. The normalized spacial score (nSPS) is 10.9. The quantitative estimate of drug-likeness (QED) is 0.664. The summed E-state index contributed by atoms with van der Waals surface area (Å²) in [4.78, 5) is 9.66. The highest BCUT2D eigenvalue weighted by Crippen LogP contribution is 2.24. The third kappa shape index (κ3) is 1.70. The fraction of sp³-hybridized carbons (Fsp3) is 0.0769. The molecule has 0 aliphatic carbocycles. The Bertz CT molecular complexity index is 674. The number of aromatic nitrogens is 3. The van der Waals surface area contributed by atoms with E-state index in [0.29, 0.717) is 0 Å². The van der Waals surface area contributed by atoms with E-state index in [1.807, 2.05) is 43.6 Å². The number of hydrogen-bond donors (Lipinski definition) is 1. The number of nitrogens with zero attached hydrogens (tertiary/aromatic N) is 3. The van der Waals surface area contributed by atoms with Crippen LogP contribution in [-0.2, 0) is 7.05 Å². The lowest BCUT2D eigenvalue weighted by atomic mass is 10.3. The fourth-order valence-corrected chi connectivity index (χ4v) is 2.14. The monoisotopic (exact) mass is 241 g/mol. The number of aryl methyl sites for hydroxylation is 1. The molecule has 17 heavy (non-hydrogen) atoms. The molecule has 0 aliphatic rings. The number of imidazole rings is 1. The van der Waals surface area contributed by atoms with Gasteiger partial charge in [-0.15, -0.1) is 12.6 Å². The van der Waals surface area contributed by atoms with Crippen LogP contribution in [0.15, 0.2) is 47.6 Å². The summed E-state index contributed by atoms with van der Waals surface area (Å²) >= 11 is 4.33. The minimum absolute atomic E-state index is 0.923. The average molecular weight is 241 g/mol. The molecule has 2 heterocycles. The minimum Gasteiger partial charge on any atom is -0.327 e. The molecule has 3 aromatic rings. The van der Waals surface area contributed by atoms with E-state index in [0.717, 1.165) is 27.3 Å². The molecular formula is C13H11N3S. The Balaban J connectivity index is 2.28. The Morgan fingerprint density at radius 3 is 2.88 bits per heavy atom. The molecule has 3 nitrogen and oxygen atoms in total. The van der Waals surface area contributed by atoms with Crippen LogP contribution in [0.2, 0.25) is 0 Å². The van der Waals surface area contributed by atoms with Crippen molar-refractivity contribution in [3.05, 3.63) is 42.7 Å². The molecule has 0 saturated carbocycles. The maximum atomic E-state index is 4.62. The average Bonchev–Trinajstić information content (AvgIpc) is 2.67. The van der Waals surface area contributed by atoms with Crippen molar-refractivity contribution in [2.24, 2.45) is 7.05 Å². The largest absolute Gasteiger partial charge is 0.327 e. The van der Waals surface area contributed by atoms with Crippen LogP contribution in [0.25, 0.3) is 22.4 Å². The van der Waals surface area contributed by atoms with E-state index in [1.165, 1.54) is 0 Å². The SMILES string of the molecule is Cn1c(-c2cccnc2)nc2cc(S)ccc21. The minimum atomic E-state index is 0.923. The molecule has 0 aliphatic heterocycles. The first-order valence-corrected chi connectivity index (χ1v) is 5.76. The lowest BCUT2D eigenvalue weighted by Crippen LogP contribution is -1.92. The standard InChI is InChI=1S/C13H11N3S/c1-16-12-5-4-10(17)7-11(12)15-13(16)9-3-2-6-14-8-9/h2-8,17H,1H3. The number of rotatable bonds is 1. The summed E-state index contributed by atoms with van der Waals surface area (Å²) in [6.07, 6.45) is 3.58. The Labute approximate surface area is 105 Å². The van der Waals surface area contributed by atoms with Crippen molar-refractivity contribution in [1.29, 1.82) is 0 Å². The van der Waals surface area contributed by atoms with Crippen molar-refractivity contribution in [3.63, 3.8) is 0 Å². The van der Waals surface area contributed by atoms with Crippen molar-refractivity contribution >= 4 is 23.7 Å². The molecule has 0 bridgehead atoms. The predicted octanol–water partition coefficient (Wildman–Crippen LogP) is 2.92. The smallest absolute Gasteiger partial charge is 0.142 e. The highest BCUT2D eigenvalue weighted by molar-refractivity contribution is 7.80. The first kappa shape index (κ1) is 10.4. The summed E-state index contributed by atoms with van der Waals surface area (Å²) in [6, 6.07) is 9.90. The van der Waals surface area contributed by atoms with Crippen molar-refractivity contribution < 1.29 is 0 Å². The van der Waals surface area contributed by atoms with Gasteiger partial charge in [-0.2, -0.15) is 0 Å². The van der Waals surface area contributed by atoms with Gasteiger partial charge in [0, 0.05) is 29.9 Å². The molecule has 2 aromatic heterocycles. The Morgan fingerprint density at radius 2 is 2.12 bits per heavy atom. The third-order valence-electron chi connectivity index (χ3n) is 2.78. The number of thiol groups is 1. The molecule has 0 radical (unpaired) electrons. The van der Waals surface area contributed by atoms with Crippen molar-refractivity contribution in [2.75, 3.05) is 0 Å². The van der Waals surface area contributed by atoms with Crippen LogP contribution in [0.3, 0.4) is 0 Å². The summed E-state index contributed by atoms with van der Waals surface area (Å²) in [5, 5.41) is 0. The molecule has 4 heteroatoms. The Morgan fingerprint density at radius 1 is 1.24 bits per heavy atom.